The van der Waals surface area contributed by atoms with Crippen LogP contribution < -0.4 is 0 Å². The van der Waals surface area contributed by atoms with Gasteiger partial charge in [0.15, 0.2) is 13.4 Å². The van der Waals surface area contributed by atoms with Crippen LogP contribution in [0, 0.1) is 0 Å². The summed E-state index contributed by atoms with van der Waals surface area (Å²) in [6, 6.07) is 0. The molecule has 0 aromatic heterocycles. The topological polar surface area (TPSA) is 52.6 Å². The van der Waals surface area contributed by atoms with Crippen LogP contribution in [0.3, 0.4) is 0 Å². The Balaban J connectivity index is 2.80. The summed E-state index contributed by atoms with van der Waals surface area (Å²) in [5.74, 6) is 0.163. The first kappa shape index (κ1) is 17.5. The fourth-order valence-electron chi connectivity index (χ4n) is 1.54. The van der Waals surface area contributed by atoms with Gasteiger partial charge in [0, 0.05) is 18.8 Å². The smallest absolute Gasteiger partial charge is 0.331 e. The van der Waals surface area contributed by atoms with Crippen LogP contribution in [0.4, 0.5) is 0 Å². The molecular weight excluding hydrogens is 292 g/mol. The summed E-state index contributed by atoms with van der Waals surface area (Å²) in [7, 11) is -1.98. The maximum absolute atomic E-state index is 11.2. The van der Waals surface area contributed by atoms with Crippen molar-refractivity contribution in [2.24, 2.45) is 0 Å². The lowest BCUT2D eigenvalue weighted by Crippen LogP contribution is -2.48. The van der Waals surface area contributed by atoms with Gasteiger partial charge in [0.1, 0.15) is 6.10 Å². The normalized spacial score (nSPS) is 20.9. The Bertz CT molecular complexity index is 412. The van der Waals surface area contributed by atoms with Gasteiger partial charge in [-0.1, -0.05) is 32.5 Å². The van der Waals surface area contributed by atoms with Gasteiger partial charge in [-0.15, -0.1) is 0 Å². The van der Waals surface area contributed by atoms with E-state index in [4.69, 9.17) is 9.16 Å². The van der Waals surface area contributed by atoms with E-state index in [2.05, 4.69) is 33.9 Å². The summed E-state index contributed by atoms with van der Waals surface area (Å²) in [6.45, 7) is 12.3. The highest BCUT2D eigenvalue weighted by Gasteiger charge is 2.41. The molecule has 0 saturated heterocycles. The molecule has 0 radical (unpaired) electrons. The monoisotopic (exact) mass is 316 g/mol. The Morgan fingerprint density at radius 1 is 1.50 bits per heavy atom. The van der Waals surface area contributed by atoms with Gasteiger partial charge in [0.2, 0.25) is 0 Å². The predicted octanol–water partition coefficient (Wildman–Crippen LogP) is 3.14. The second-order valence-electron chi connectivity index (χ2n) is 6.48. The summed E-state index contributed by atoms with van der Waals surface area (Å²) >= 11 is 1.21. The van der Waals surface area contributed by atoms with Crippen molar-refractivity contribution in [2.75, 3.05) is 5.75 Å². The van der Waals surface area contributed by atoms with Crippen molar-refractivity contribution in [1.82, 2.24) is 0 Å². The molecule has 0 amide bonds. The van der Waals surface area contributed by atoms with Gasteiger partial charge in [0.25, 0.3) is 0 Å². The number of esters is 1. The van der Waals surface area contributed by atoms with E-state index in [0.717, 1.165) is 0 Å². The minimum absolute atomic E-state index is 0.0436. The lowest BCUT2D eigenvalue weighted by molar-refractivity contribution is -0.141. The maximum atomic E-state index is 11.2. The lowest BCUT2D eigenvalue weighted by atomic mass is 10.2. The number of rotatable bonds is 5. The number of hydrogen-bond donors (Lipinski definition) is 0. The first-order valence-corrected chi connectivity index (χ1v) is 10.6. The number of carbonyl (C=O) groups excluding carboxylic acids is 2. The molecule has 6 heteroatoms. The molecule has 0 unspecified atom stereocenters. The van der Waals surface area contributed by atoms with E-state index in [0.29, 0.717) is 5.75 Å². The average molecular weight is 316 g/mol. The zero-order valence-electron chi connectivity index (χ0n) is 13.1. The number of thioether (sulfide) groups is 1. The molecule has 20 heavy (non-hydrogen) atoms. The second-order valence-corrected chi connectivity index (χ2v) is 12.4. The minimum atomic E-state index is -1.98. The third kappa shape index (κ3) is 4.75. The van der Waals surface area contributed by atoms with E-state index in [1.54, 1.807) is 6.08 Å². The molecule has 0 aromatic carbocycles. The van der Waals surface area contributed by atoms with Gasteiger partial charge in [-0.2, -0.15) is 0 Å². The van der Waals surface area contributed by atoms with E-state index in [-0.39, 0.29) is 28.3 Å². The Hall–Kier alpha value is -0.593. The first-order valence-electron chi connectivity index (χ1n) is 6.73. The molecule has 0 aromatic rings. The van der Waals surface area contributed by atoms with Crippen LogP contribution in [-0.4, -0.2) is 37.4 Å². The zero-order valence-corrected chi connectivity index (χ0v) is 14.9. The molecule has 1 rings (SSSR count). The predicted molar refractivity (Wildman–Crippen MR) is 84.2 cm³/mol. The van der Waals surface area contributed by atoms with Crippen LogP contribution in [0.25, 0.3) is 0 Å². The van der Waals surface area contributed by atoms with Gasteiger partial charge in [0.05, 0.1) is 6.10 Å². The van der Waals surface area contributed by atoms with E-state index in [9.17, 15) is 9.59 Å². The summed E-state index contributed by atoms with van der Waals surface area (Å²) in [5.41, 5.74) is 0. The maximum Gasteiger partial charge on any atom is 0.331 e. The fourth-order valence-corrected chi connectivity index (χ4v) is 3.64. The molecule has 0 fully saturated rings. The Morgan fingerprint density at radius 3 is 2.50 bits per heavy atom. The van der Waals surface area contributed by atoms with E-state index in [1.165, 1.54) is 24.8 Å². The number of carbonyl (C=O) groups is 2. The van der Waals surface area contributed by atoms with Crippen LogP contribution in [0.1, 0.15) is 27.7 Å². The lowest BCUT2D eigenvalue weighted by Gasteiger charge is -2.40. The Labute approximate surface area is 126 Å². The first-order chi connectivity index (χ1) is 9.03. The minimum Gasteiger partial charge on any atom is -0.452 e. The molecule has 2 atom stereocenters. The summed E-state index contributed by atoms with van der Waals surface area (Å²) in [6.07, 6.45) is 2.49. The van der Waals surface area contributed by atoms with Gasteiger partial charge in [-0.25, -0.2) is 4.79 Å². The molecule has 4 nitrogen and oxygen atoms in total. The highest BCUT2D eigenvalue weighted by atomic mass is 32.2. The van der Waals surface area contributed by atoms with Crippen molar-refractivity contribution in [3.63, 3.8) is 0 Å². The van der Waals surface area contributed by atoms with E-state index < -0.39 is 8.32 Å². The van der Waals surface area contributed by atoms with Gasteiger partial charge >= 0.3 is 5.97 Å². The third-order valence-electron chi connectivity index (χ3n) is 3.74. The largest absolute Gasteiger partial charge is 0.452 e. The second kappa shape index (κ2) is 6.45. The molecule has 0 aliphatic carbocycles. The van der Waals surface area contributed by atoms with E-state index in [1.807, 2.05) is 0 Å². The van der Waals surface area contributed by atoms with Crippen LogP contribution in [0.2, 0.25) is 18.1 Å². The number of cyclic esters (lactones) is 1. The average Bonchev–Trinajstić information content (AvgIpc) is 2.69. The molecule has 0 spiro atoms. The van der Waals surface area contributed by atoms with Crippen molar-refractivity contribution in [3.8, 4) is 0 Å². The summed E-state index contributed by atoms with van der Waals surface area (Å²) < 4.78 is 11.6. The number of hydrogen-bond acceptors (Lipinski definition) is 5. The highest BCUT2D eigenvalue weighted by molar-refractivity contribution is 8.13. The molecule has 1 heterocycles. The molecule has 0 saturated carbocycles. The quantitative estimate of drug-likeness (QED) is 0.576. The summed E-state index contributed by atoms with van der Waals surface area (Å²) in [5, 5.41) is 0.112. The van der Waals surface area contributed by atoms with Crippen molar-refractivity contribution < 1.29 is 18.8 Å². The molecule has 1 aliphatic rings. The fraction of sp³-hybridized carbons (Fsp3) is 0.714. The number of ether oxygens (including phenoxy) is 1. The Kier molecular flexibility index (Phi) is 5.63. The van der Waals surface area contributed by atoms with Crippen LogP contribution in [0.5, 0.6) is 0 Å². The van der Waals surface area contributed by atoms with E-state index >= 15 is 0 Å². The van der Waals surface area contributed by atoms with Crippen LogP contribution >= 0.6 is 11.8 Å². The van der Waals surface area contributed by atoms with Crippen molar-refractivity contribution in [1.29, 1.82) is 0 Å². The molecule has 1 aliphatic heterocycles. The molecule has 114 valence electrons. The molecular formula is C14H24O4SSi. The van der Waals surface area contributed by atoms with Gasteiger partial charge in [-0.3, -0.25) is 4.79 Å². The van der Waals surface area contributed by atoms with Crippen LogP contribution in [0.15, 0.2) is 12.2 Å². The standard InChI is InChI=1S/C14H24O4SSi/c1-10(15)19-9-12(11-7-8-13(16)17-11)18-20(5,6)14(2,3)4/h7-8,11-12H,9H2,1-6H3/t11-,12+/m0/s1. The van der Waals surface area contributed by atoms with Crippen molar-refractivity contribution in [3.05, 3.63) is 12.2 Å². The van der Waals surface area contributed by atoms with Crippen molar-refractivity contribution in [2.45, 2.75) is 58.0 Å². The van der Waals surface area contributed by atoms with Crippen molar-refractivity contribution >= 4 is 31.2 Å². The Morgan fingerprint density at radius 2 is 2.10 bits per heavy atom. The molecule has 0 N–H and O–H groups in total. The zero-order chi connectivity index (χ0) is 15.6. The highest BCUT2D eigenvalue weighted by Crippen LogP contribution is 2.38. The van der Waals surface area contributed by atoms with Gasteiger partial charge in [-0.05, 0) is 24.2 Å². The summed E-state index contributed by atoms with van der Waals surface area (Å²) in [4.78, 5) is 22.4. The van der Waals surface area contributed by atoms with Gasteiger partial charge < -0.3 is 9.16 Å². The van der Waals surface area contributed by atoms with Crippen LogP contribution in [-0.2, 0) is 18.8 Å². The third-order valence-corrected chi connectivity index (χ3v) is 9.15. The molecule has 0 bridgehead atoms. The SMILES string of the molecule is CC(=O)SC[C@@H](O[Si](C)(C)C(C)(C)C)[C@@H]1C=CC(=O)O1.